The molecule has 0 aromatic carbocycles. The predicted octanol–water partition coefficient (Wildman–Crippen LogP) is 4.94. The highest BCUT2D eigenvalue weighted by atomic mass is 16.1. The van der Waals surface area contributed by atoms with Crippen LogP contribution < -0.4 is 5.73 Å². The molecule has 1 amide bonds. The van der Waals surface area contributed by atoms with Gasteiger partial charge in [-0.05, 0) is 83.7 Å². The lowest BCUT2D eigenvalue weighted by molar-refractivity contribution is -0.126. The summed E-state index contributed by atoms with van der Waals surface area (Å²) in [6.45, 7) is 11.1. The lowest BCUT2D eigenvalue weighted by Gasteiger charge is -2.46. The summed E-state index contributed by atoms with van der Waals surface area (Å²) in [5.74, 6) is 1.22. The highest BCUT2D eigenvalue weighted by molar-refractivity contribution is 5.82. The van der Waals surface area contributed by atoms with Gasteiger partial charge in [0, 0.05) is 23.8 Å². The number of hydrogen-bond acceptors (Lipinski definition) is 3. The van der Waals surface area contributed by atoms with Crippen LogP contribution in [0.3, 0.4) is 0 Å². The van der Waals surface area contributed by atoms with E-state index < -0.39 is 0 Å². The van der Waals surface area contributed by atoms with Gasteiger partial charge in [-0.1, -0.05) is 33.1 Å². The maximum Gasteiger partial charge on any atom is 0.220 e. The Hall–Kier alpha value is -0.900. The van der Waals surface area contributed by atoms with Gasteiger partial charge in [-0.25, -0.2) is 0 Å². The Morgan fingerprint density at radius 2 is 1.36 bits per heavy atom. The van der Waals surface area contributed by atoms with Crippen LogP contribution in [0.5, 0.6) is 0 Å². The number of amides is 1. The zero-order valence-electron chi connectivity index (χ0n) is 18.8. The molecule has 2 saturated carbocycles. The fraction of sp³-hybridized carbons (Fsp3) is 0.917. The predicted molar refractivity (Wildman–Crippen MR) is 116 cm³/mol. The number of rotatable bonds is 4. The van der Waals surface area contributed by atoms with Gasteiger partial charge in [0.05, 0.1) is 0 Å². The van der Waals surface area contributed by atoms with Crippen LogP contribution in [0.15, 0.2) is 0 Å². The van der Waals surface area contributed by atoms with Crippen molar-refractivity contribution in [2.24, 2.45) is 28.9 Å². The number of piperidine rings is 1. The topological polar surface area (TPSA) is 63.4 Å². The quantitative estimate of drug-likeness (QED) is 0.736. The molecule has 3 fully saturated rings. The summed E-state index contributed by atoms with van der Waals surface area (Å²) < 4.78 is 0. The lowest BCUT2D eigenvalue weighted by atomic mass is 9.65. The summed E-state index contributed by atoms with van der Waals surface area (Å²) in [4.78, 5) is 25.3. The van der Waals surface area contributed by atoms with Crippen LogP contribution in [0.2, 0.25) is 0 Å². The monoisotopic (exact) mass is 392 g/mol. The first kappa shape index (κ1) is 23.4. The van der Waals surface area contributed by atoms with Gasteiger partial charge in [-0.15, -0.1) is 0 Å². The van der Waals surface area contributed by atoms with Gasteiger partial charge in [-0.2, -0.15) is 0 Å². The van der Waals surface area contributed by atoms with Crippen molar-refractivity contribution in [3.05, 3.63) is 0 Å². The van der Waals surface area contributed by atoms with E-state index in [1.54, 1.807) is 0 Å². The molecule has 3 aliphatic rings. The molecule has 0 bridgehead atoms. The molecule has 0 radical (unpaired) electrons. The second kappa shape index (κ2) is 10.8. The molecule has 4 heteroatoms. The molecular formula is C24H44N2O2. The molecule has 4 nitrogen and oxygen atoms in total. The van der Waals surface area contributed by atoms with Crippen LogP contribution in [0, 0.1) is 23.2 Å². The van der Waals surface area contributed by atoms with E-state index in [0.717, 1.165) is 25.7 Å². The van der Waals surface area contributed by atoms with Gasteiger partial charge >= 0.3 is 0 Å². The Morgan fingerprint density at radius 3 is 1.79 bits per heavy atom. The van der Waals surface area contributed by atoms with Crippen LogP contribution in [0.1, 0.15) is 98.3 Å². The largest absolute Gasteiger partial charge is 0.369 e. The minimum absolute atomic E-state index is 0.0838. The fourth-order valence-electron chi connectivity index (χ4n) is 5.39. The summed E-state index contributed by atoms with van der Waals surface area (Å²) in [5, 5.41) is 0. The van der Waals surface area contributed by atoms with Gasteiger partial charge in [0.2, 0.25) is 5.91 Å². The summed E-state index contributed by atoms with van der Waals surface area (Å²) >= 11 is 0. The van der Waals surface area contributed by atoms with Crippen molar-refractivity contribution in [2.75, 3.05) is 13.1 Å². The van der Waals surface area contributed by atoms with Crippen molar-refractivity contribution in [1.29, 1.82) is 0 Å². The summed E-state index contributed by atoms with van der Waals surface area (Å²) in [6.07, 6.45) is 13.3. The van der Waals surface area contributed by atoms with E-state index in [4.69, 9.17) is 5.73 Å². The van der Waals surface area contributed by atoms with E-state index in [-0.39, 0.29) is 17.7 Å². The van der Waals surface area contributed by atoms with Gasteiger partial charge in [0.15, 0.2) is 0 Å². The van der Waals surface area contributed by atoms with Crippen LogP contribution in [-0.2, 0) is 9.59 Å². The number of Topliss-reactive ketones (excluding diaryl/α,β-unsaturated/α-hetero) is 1. The number of primary amides is 1. The van der Waals surface area contributed by atoms with Gasteiger partial charge in [-0.3, -0.25) is 9.59 Å². The first-order valence-electron chi connectivity index (χ1n) is 11.8. The van der Waals surface area contributed by atoms with Gasteiger partial charge in [0.25, 0.3) is 0 Å². The molecule has 1 saturated heterocycles. The number of carbonyl (C=O) groups excluding carboxylic acids is 2. The standard InChI is InChI=1S/C14H26N2O.C10H18O/c1-11(2)16-9-7-14(8-10-16)5-3-12(4-6-14)13(15)17;1-8(2)10(11)9-6-4-3-5-7-9/h11-12H,3-10H2,1-2H3,(H2,15,17);8-9H,3-7H2,1-2H3. The van der Waals surface area contributed by atoms with Crippen LogP contribution in [-0.4, -0.2) is 35.7 Å². The van der Waals surface area contributed by atoms with Crippen molar-refractivity contribution in [3.8, 4) is 0 Å². The van der Waals surface area contributed by atoms with E-state index in [2.05, 4.69) is 18.7 Å². The van der Waals surface area contributed by atoms with Crippen LogP contribution in [0.4, 0.5) is 0 Å². The third kappa shape index (κ3) is 6.57. The number of hydrogen-bond donors (Lipinski definition) is 1. The SMILES string of the molecule is CC(C)C(=O)C1CCCCC1.CC(C)N1CCC2(CCC(C(N)=O)CC2)CC1. The molecule has 2 aliphatic carbocycles. The maximum absolute atomic E-state index is 11.5. The second-order valence-electron chi connectivity index (χ2n) is 10.2. The molecule has 0 unspecified atom stereocenters. The molecule has 1 heterocycles. The molecular weight excluding hydrogens is 348 g/mol. The highest BCUT2D eigenvalue weighted by Crippen LogP contribution is 2.46. The smallest absolute Gasteiger partial charge is 0.220 e. The number of ketones is 1. The number of nitrogens with zero attached hydrogens (tertiary/aromatic N) is 1. The second-order valence-corrected chi connectivity index (χ2v) is 10.2. The van der Waals surface area contributed by atoms with Crippen molar-refractivity contribution in [3.63, 3.8) is 0 Å². The fourth-order valence-corrected chi connectivity index (χ4v) is 5.39. The Labute approximate surface area is 173 Å². The zero-order chi connectivity index (χ0) is 20.7. The van der Waals surface area contributed by atoms with E-state index in [0.29, 0.717) is 23.2 Å². The van der Waals surface area contributed by atoms with Gasteiger partial charge < -0.3 is 10.6 Å². The normalized spacial score (nSPS) is 24.2. The van der Waals surface area contributed by atoms with Crippen molar-refractivity contribution in [1.82, 2.24) is 4.90 Å². The molecule has 28 heavy (non-hydrogen) atoms. The summed E-state index contributed by atoms with van der Waals surface area (Å²) in [7, 11) is 0. The van der Waals surface area contributed by atoms with Crippen molar-refractivity contribution < 1.29 is 9.59 Å². The minimum atomic E-state index is -0.0838. The van der Waals surface area contributed by atoms with E-state index in [9.17, 15) is 9.59 Å². The first-order chi connectivity index (χ1) is 13.2. The molecule has 2 N–H and O–H groups in total. The zero-order valence-corrected chi connectivity index (χ0v) is 18.8. The van der Waals surface area contributed by atoms with E-state index in [1.165, 1.54) is 58.0 Å². The molecule has 0 atom stereocenters. The molecule has 0 aromatic heterocycles. The third-order valence-electron chi connectivity index (χ3n) is 7.61. The molecule has 162 valence electrons. The molecule has 1 spiro atoms. The average molecular weight is 393 g/mol. The lowest BCUT2D eigenvalue weighted by Crippen LogP contribution is -2.45. The molecule has 0 aromatic rings. The summed E-state index contributed by atoms with van der Waals surface area (Å²) in [6, 6.07) is 0.675. The van der Waals surface area contributed by atoms with Crippen LogP contribution >= 0.6 is 0 Å². The third-order valence-corrected chi connectivity index (χ3v) is 7.61. The first-order valence-corrected chi connectivity index (χ1v) is 11.8. The number of carbonyl (C=O) groups is 2. The minimum Gasteiger partial charge on any atom is -0.369 e. The Kier molecular flexibility index (Phi) is 8.98. The van der Waals surface area contributed by atoms with E-state index in [1.807, 2.05) is 13.8 Å². The van der Waals surface area contributed by atoms with Crippen molar-refractivity contribution >= 4 is 11.7 Å². The number of nitrogens with two attached hydrogens (primary N) is 1. The highest BCUT2D eigenvalue weighted by Gasteiger charge is 2.39. The maximum atomic E-state index is 11.5. The van der Waals surface area contributed by atoms with Crippen molar-refractivity contribution in [2.45, 2.75) is 104 Å². The Morgan fingerprint density at radius 1 is 0.821 bits per heavy atom. The number of likely N-dealkylation sites (tertiary alicyclic amines) is 1. The van der Waals surface area contributed by atoms with E-state index >= 15 is 0 Å². The molecule has 1 aliphatic heterocycles. The summed E-state index contributed by atoms with van der Waals surface area (Å²) in [5.41, 5.74) is 5.94. The Balaban J connectivity index is 0.000000221. The average Bonchev–Trinajstić information content (AvgIpc) is 2.69. The van der Waals surface area contributed by atoms with Gasteiger partial charge in [0.1, 0.15) is 5.78 Å². The Bertz CT molecular complexity index is 491. The van der Waals surface area contributed by atoms with Crippen LogP contribution in [0.25, 0.3) is 0 Å². The molecule has 3 rings (SSSR count).